The van der Waals surface area contributed by atoms with E-state index in [-0.39, 0.29) is 6.04 Å². The van der Waals surface area contributed by atoms with Crippen molar-refractivity contribution >= 4 is 5.97 Å². The Kier molecular flexibility index (Phi) is 3.88. The smallest absolute Gasteiger partial charge is 0.328 e. The van der Waals surface area contributed by atoms with Gasteiger partial charge in [0.05, 0.1) is 0 Å². The number of hydrogen-bond acceptors (Lipinski definition) is 2. The Morgan fingerprint density at radius 2 is 2.07 bits per heavy atom. The van der Waals surface area contributed by atoms with Crippen molar-refractivity contribution in [2.45, 2.75) is 12.5 Å². The van der Waals surface area contributed by atoms with Crippen molar-refractivity contribution in [3.05, 3.63) is 48.0 Å². The molecule has 0 radical (unpaired) electrons. The maximum atomic E-state index is 10.2. The Labute approximate surface area is 82.9 Å². The van der Waals surface area contributed by atoms with Gasteiger partial charge in [-0.1, -0.05) is 36.4 Å². The van der Waals surface area contributed by atoms with Gasteiger partial charge in [-0.15, -0.1) is 0 Å². The van der Waals surface area contributed by atoms with Crippen molar-refractivity contribution in [1.29, 1.82) is 0 Å². The Bertz CT molecular complexity index is 319. The fourth-order valence-corrected chi connectivity index (χ4v) is 1.16. The summed E-state index contributed by atoms with van der Waals surface area (Å²) >= 11 is 0. The van der Waals surface area contributed by atoms with E-state index in [4.69, 9.17) is 10.8 Å². The van der Waals surface area contributed by atoms with Gasteiger partial charge in [0.25, 0.3) is 0 Å². The monoisotopic (exact) mass is 191 g/mol. The van der Waals surface area contributed by atoms with Crippen LogP contribution in [0.2, 0.25) is 0 Å². The minimum atomic E-state index is -0.964. The van der Waals surface area contributed by atoms with Gasteiger partial charge in [0.15, 0.2) is 0 Å². The first-order chi connectivity index (χ1) is 6.68. The number of nitrogens with two attached hydrogens (primary N) is 1. The molecular formula is C11H13NO2. The molecule has 1 rings (SSSR count). The van der Waals surface area contributed by atoms with Crippen LogP contribution in [0.15, 0.2) is 42.5 Å². The highest BCUT2D eigenvalue weighted by molar-refractivity contribution is 5.79. The van der Waals surface area contributed by atoms with E-state index in [9.17, 15) is 4.79 Å². The van der Waals surface area contributed by atoms with Gasteiger partial charge in [-0.25, -0.2) is 4.79 Å². The number of carbonyl (C=O) groups is 1. The molecule has 0 aliphatic rings. The molecule has 0 aliphatic heterocycles. The Morgan fingerprint density at radius 3 is 2.64 bits per heavy atom. The highest BCUT2D eigenvalue weighted by Crippen LogP contribution is 2.02. The molecule has 0 fully saturated rings. The summed E-state index contributed by atoms with van der Waals surface area (Å²) in [6.07, 6.45) is 3.23. The van der Waals surface area contributed by atoms with E-state index in [1.165, 1.54) is 6.08 Å². The largest absolute Gasteiger partial charge is 0.478 e. The molecule has 0 saturated heterocycles. The third kappa shape index (κ3) is 3.87. The van der Waals surface area contributed by atoms with E-state index >= 15 is 0 Å². The molecule has 0 bridgehead atoms. The molecule has 0 saturated carbocycles. The molecule has 3 heteroatoms. The van der Waals surface area contributed by atoms with Gasteiger partial charge >= 0.3 is 5.97 Å². The highest BCUT2D eigenvalue weighted by Gasteiger charge is 1.99. The Balaban J connectivity index is 2.49. The Morgan fingerprint density at radius 1 is 1.43 bits per heavy atom. The molecule has 0 heterocycles. The second-order valence-corrected chi connectivity index (χ2v) is 3.05. The van der Waals surface area contributed by atoms with Gasteiger partial charge in [-0.3, -0.25) is 0 Å². The van der Waals surface area contributed by atoms with Gasteiger partial charge < -0.3 is 10.8 Å². The van der Waals surface area contributed by atoms with Crippen molar-refractivity contribution in [3.63, 3.8) is 0 Å². The molecule has 3 N–H and O–H groups in total. The van der Waals surface area contributed by atoms with Crippen molar-refractivity contribution in [3.8, 4) is 0 Å². The van der Waals surface area contributed by atoms with Crippen LogP contribution in [0, 0.1) is 0 Å². The average molecular weight is 191 g/mol. The van der Waals surface area contributed by atoms with Gasteiger partial charge in [0, 0.05) is 12.1 Å². The number of rotatable bonds is 4. The number of hydrogen-bond donors (Lipinski definition) is 2. The van der Waals surface area contributed by atoms with Crippen LogP contribution in [0.1, 0.15) is 5.56 Å². The van der Waals surface area contributed by atoms with Crippen molar-refractivity contribution in [2.24, 2.45) is 5.73 Å². The Hall–Kier alpha value is -1.61. The second kappa shape index (κ2) is 5.19. The first-order valence-electron chi connectivity index (χ1n) is 4.39. The summed E-state index contributed by atoms with van der Waals surface area (Å²) in [5.74, 6) is -0.964. The summed E-state index contributed by atoms with van der Waals surface area (Å²) in [6.45, 7) is 0. The minimum Gasteiger partial charge on any atom is -0.478 e. The topological polar surface area (TPSA) is 63.3 Å². The van der Waals surface area contributed by atoms with Crippen LogP contribution in [-0.2, 0) is 11.2 Å². The molecule has 0 aromatic heterocycles. The molecule has 1 atom stereocenters. The second-order valence-electron chi connectivity index (χ2n) is 3.05. The summed E-state index contributed by atoms with van der Waals surface area (Å²) < 4.78 is 0. The predicted octanol–water partition coefficient (Wildman–Crippen LogP) is 1.20. The quantitative estimate of drug-likeness (QED) is 0.703. The van der Waals surface area contributed by atoms with Gasteiger partial charge in [-0.2, -0.15) is 0 Å². The molecule has 1 aromatic carbocycles. The summed E-state index contributed by atoms with van der Waals surface area (Å²) in [6, 6.07) is 9.49. The lowest BCUT2D eigenvalue weighted by atomic mass is 10.1. The van der Waals surface area contributed by atoms with Crippen LogP contribution >= 0.6 is 0 Å². The van der Waals surface area contributed by atoms with Gasteiger partial charge in [0.1, 0.15) is 0 Å². The van der Waals surface area contributed by atoms with Crippen LogP contribution in [0.3, 0.4) is 0 Å². The van der Waals surface area contributed by atoms with Gasteiger partial charge in [0.2, 0.25) is 0 Å². The third-order valence-corrected chi connectivity index (χ3v) is 1.80. The highest BCUT2D eigenvalue weighted by atomic mass is 16.4. The van der Waals surface area contributed by atoms with E-state index in [2.05, 4.69) is 0 Å². The summed E-state index contributed by atoms with van der Waals surface area (Å²) in [4.78, 5) is 10.2. The SMILES string of the molecule is N[C@@H](C=CC(=O)O)Cc1ccccc1. The van der Waals surface area contributed by atoms with E-state index in [1.54, 1.807) is 0 Å². The van der Waals surface area contributed by atoms with Gasteiger partial charge in [-0.05, 0) is 12.0 Å². The molecule has 0 amide bonds. The van der Waals surface area contributed by atoms with Crippen molar-refractivity contribution < 1.29 is 9.90 Å². The summed E-state index contributed by atoms with van der Waals surface area (Å²) in [7, 11) is 0. The zero-order valence-electron chi connectivity index (χ0n) is 7.76. The van der Waals surface area contributed by atoms with Crippen LogP contribution in [0.25, 0.3) is 0 Å². The zero-order valence-corrected chi connectivity index (χ0v) is 7.76. The molecular weight excluding hydrogens is 178 g/mol. The molecule has 1 aromatic rings. The summed E-state index contributed by atoms with van der Waals surface area (Å²) in [5.41, 5.74) is 6.81. The van der Waals surface area contributed by atoms with Crippen LogP contribution < -0.4 is 5.73 Å². The molecule has 0 aliphatic carbocycles. The first-order valence-corrected chi connectivity index (χ1v) is 4.39. The molecule has 14 heavy (non-hydrogen) atoms. The first kappa shape index (κ1) is 10.5. The lowest BCUT2D eigenvalue weighted by Crippen LogP contribution is -2.20. The standard InChI is InChI=1S/C11H13NO2/c12-10(6-7-11(13)14)8-9-4-2-1-3-5-9/h1-7,10H,8,12H2,(H,13,14)/t10-/m0/s1. The number of aliphatic carboxylic acids is 1. The fourth-order valence-electron chi connectivity index (χ4n) is 1.16. The minimum absolute atomic E-state index is 0.242. The number of carboxylic acids is 1. The average Bonchev–Trinajstić information content (AvgIpc) is 2.16. The summed E-state index contributed by atoms with van der Waals surface area (Å²) in [5, 5.41) is 8.39. The normalized spacial score (nSPS) is 12.9. The van der Waals surface area contributed by atoms with E-state index < -0.39 is 5.97 Å². The van der Waals surface area contributed by atoms with Crippen molar-refractivity contribution in [1.82, 2.24) is 0 Å². The van der Waals surface area contributed by atoms with E-state index in [0.29, 0.717) is 6.42 Å². The fraction of sp³-hybridized carbons (Fsp3) is 0.182. The van der Waals surface area contributed by atoms with Crippen LogP contribution in [0.4, 0.5) is 0 Å². The third-order valence-electron chi connectivity index (χ3n) is 1.80. The predicted molar refractivity (Wildman–Crippen MR) is 54.9 cm³/mol. The molecule has 74 valence electrons. The van der Waals surface area contributed by atoms with Crippen LogP contribution in [-0.4, -0.2) is 17.1 Å². The lowest BCUT2D eigenvalue weighted by molar-refractivity contribution is -0.131. The van der Waals surface area contributed by atoms with E-state index in [1.807, 2.05) is 30.3 Å². The number of benzene rings is 1. The molecule has 0 unspecified atom stereocenters. The molecule has 0 spiro atoms. The maximum Gasteiger partial charge on any atom is 0.328 e. The van der Waals surface area contributed by atoms with E-state index in [0.717, 1.165) is 11.6 Å². The molecule has 3 nitrogen and oxygen atoms in total. The maximum absolute atomic E-state index is 10.2. The number of carboxylic acid groups (broad SMARTS) is 1. The zero-order chi connectivity index (χ0) is 10.4. The lowest BCUT2D eigenvalue weighted by Gasteiger charge is -2.05. The van der Waals surface area contributed by atoms with Crippen molar-refractivity contribution in [2.75, 3.05) is 0 Å². The van der Waals surface area contributed by atoms with Crippen LogP contribution in [0.5, 0.6) is 0 Å².